The van der Waals surface area contributed by atoms with Crippen molar-refractivity contribution in [2.24, 2.45) is 5.92 Å². The van der Waals surface area contributed by atoms with E-state index in [0.717, 1.165) is 6.42 Å². The summed E-state index contributed by atoms with van der Waals surface area (Å²) in [5.41, 5.74) is 0. The predicted octanol–water partition coefficient (Wildman–Crippen LogP) is 0.543. The van der Waals surface area contributed by atoms with Crippen LogP contribution in [-0.2, 0) is 4.74 Å². The molecule has 0 spiro atoms. The van der Waals surface area contributed by atoms with Crippen molar-refractivity contribution in [2.75, 3.05) is 6.61 Å². The summed E-state index contributed by atoms with van der Waals surface area (Å²) in [6.07, 6.45) is -0.0545. The molecule has 1 rings (SSSR count). The van der Waals surface area contributed by atoms with Crippen LogP contribution in [-0.4, -0.2) is 35.1 Å². The first-order valence-corrected chi connectivity index (χ1v) is 4.60. The molecule has 0 aromatic carbocycles. The molecule has 1 fully saturated rings. The molecule has 0 saturated carbocycles. The lowest BCUT2D eigenvalue weighted by Gasteiger charge is -2.26. The van der Waals surface area contributed by atoms with Crippen molar-refractivity contribution in [1.82, 2.24) is 0 Å². The molecule has 1 saturated heterocycles. The number of rotatable bonds is 1. The molecule has 0 amide bonds. The smallest absolute Gasteiger partial charge is 0.106 e. The van der Waals surface area contributed by atoms with Crippen LogP contribution in [0.2, 0.25) is 0 Å². The minimum absolute atomic E-state index is 0.206. The Morgan fingerprint density at radius 1 is 1.33 bits per heavy atom. The standard InChI is InChI=1S/C9H18O3/c1-6(2)9-8(11)7(10)4-3-5-12-9/h6-11H,3-5H2,1-2H3/t7-,8-,9-/m0/s1. The molecule has 1 aliphatic rings. The molecule has 1 aliphatic heterocycles. The van der Waals surface area contributed by atoms with E-state index in [1.54, 1.807) is 0 Å². The number of aliphatic hydroxyl groups is 2. The van der Waals surface area contributed by atoms with Gasteiger partial charge in [0.25, 0.3) is 0 Å². The lowest BCUT2D eigenvalue weighted by Crippen LogP contribution is -2.40. The molecule has 0 aromatic heterocycles. The minimum Gasteiger partial charge on any atom is -0.390 e. The van der Waals surface area contributed by atoms with Gasteiger partial charge in [-0.15, -0.1) is 0 Å². The second-order valence-electron chi connectivity index (χ2n) is 3.78. The fourth-order valence-electron chi connectivity index (χ4n) is 1.59. The molecule has 0 bridgehead atoms. The highest BCUT2D eigenvalue weighted by atomic mass is 16.5. The maximum atomic E-state index is 9.61. The number of ether oxygens (including phenoxy) is 1. The summed E-state index contributed by atoms with van der Waals surface area (Å²) in [5.74, 6) is 0.257. The van der Waals surface area contributed by atoms with Gasteiger partial charge in [-0.05, 0) is 18.8 Å². The Kier molecular flexibility index (Phi) is 3.50. The molecule has 3 atom stereocenters. The average molecular weight is 174 g/mol. The molecular weight excluding hydrogens is 156 g/mol. The highest BCUT2D eigenvalue weighted by molar-refractivity contribution is 4.81. The van der Waals surface area contributed by atoms with Crippen LogP contribution < -0.4 is 0 Å². The lowest BCUT2D eigenvalue weighted by atomic mass is 9.97. The van der Waals surface area contributed by atoms with E-state index in [1.165, 1.54) is 0 Å². The second-order valence-corrected chi connectivity index (χ2v) is 3.78. The maximum Gasteiger partial charge on any atom is 0.106 e. The molecule has 0 aromatic rings. The van der Waals surface area contributed by atoms with Crippen LogP contribution in [0.4, 0.5) is 0 Å². The van der Waals surface area contributed by atoms with Crippen molar-refractivity contribution < 1.29 is 14.9 Å². The molecule has 3 nitrogen and oxygen atoms in total. The van der Waals surface area contributed by atoms with E-state index in [4.69, 9.17) is 4.74 Å². The van der Waals surface area contributed by atoms with Gasteiger partial charge in [0.1, 0.15) is 6.10 Å². The first-order valence-electron chi connectivity index (χ1n) is 4.60. The summed E-state index contributed by atoms with van der Waals surface area (Å²) < 4.78 is 5.44. The zero-order valence-electron chi connectivity index (χ0n) is 7.73. The Hall–Kier alpha value is -0.120. The Morgan fingerprint density at radius 3 is 2.58 bits per heavy atom. The fraction of sp³-hybridized carbons (Fsp3) is 1.00. The van der Waals surface area contributed by atoms with Gasteiger partial charge >= 0.3 is 0 Å². The predicted molar refractivity (Wildman–Crippen MR) is 45.8 cm³/mol. The van der Waals surface area contributed by atoms with Crippen LogP contribution in [0.25, 0.3) is 0 Å². The average Bonchev–Trinajstić information content (AvgIpc) is 2.15. The van der Waals surface area contributed by atoms with Crippen LogP contribution >= 0.6 is 0 Å². The first-order chi connectivity index (χ1) is 5.63. The van der Waals surface area contributed by atoms with E-state index < -0.39 is 12.2 Å². The molecule has 12 heavy (non-hydrogen) atoms. The van der Waals surface area contributed by atoms with Gasteiger partial charge in [-0.2, -0.15) is 0 Å². The van der Waals surface area contributed by atoms with E-state index in [1.807, 2.05) is 13.8 Å². The van der Waals surface area contributed by atoms with Crippen molar-refractivity contribution in [3.63, 3.8) is 0 Å². The van der Waals surface area contributed by atoms with Crippen LogP contribution in [0.3, 0.4) is 0 Å². The summed E-state index contributed by atoms with van der Waals surface area (Å²) in [4.78, 5) is 0. The number of hydrogen-bond donors (Lipinski definition) is 2. The Balaban J connectivity index is 2.58. The second kappa shape index (κ2) is 4.21. The first kappa shape index (κ1) is 9.96. The van der Waals surface area contributed by atoms with Gasteiger partial charge < -0.3 is 14.9 Å². The zero-order valence-corrected chi connectivity index (χ0v) is 7.73. The summed E-state index contributed by atoms with van der Waals surface area (Å²) in [7, 11) is 0. The number of aliphatic hydroxyl groups excluding tert-OH is 2. The molecule has 0 unspecified atom stereocenters. The summed E-state index contributed by atoms with van der Waals surface area (Å²) in [6.45, 7) is 4.63. The molecule has 0 radical (unpaired) electrons. The van der Waals surface area contributed by atoms with Gasteiger partial charge in [0.2, 0.25) is 0 Å². The van der Waals surface area contributed by atoms with Gasteiger partial charge in [-0.25, -0.2) is 0 Å². The van der Waals surface area contributed by atoms with Crippen molar-refractivity contribution in [3.05, 3.63) is 0 Å². The Labute approximate surface area is 73.4 Å². The highest BCUT2D eigenvalue weighted by Gasteiger charge is 2.31. The molecule has 3 heteroatoms. The third-order valence-electron chi connectivity index (χ3n) is 2.34. The number of hydrogen-bond acceptors (Lipinski definition) is 3. The van der Waals surface area contributed by atoms with E-state index in [0.29, 0.717) is 13.0 Å². The Bertz CT molecular complexity index is 136. The van der Waals surface area contributed by atoms with Crippen molar-refractivity contribution >= 4 is 0 Å². The Morgan fingerprint density at radius 2 is 2.00 bits per heavy atom. The largest absolute Gasteiger partial charge is 0.390 e. The summed E-state index contributed by atoms with van der Waals surface area (Å²) in [6, 6.07) is 0. The third kappa shape index (κ3) is 2.19. The van der Waals surface area contributed by atoms with Crippen molar-refractivity contribution in [1.29, 1.82) is 0 Å². The van der Waals surface area contributed by atoms with Crippen LogP contribution in [0.1, 0.15) is 26.7 Å². The van der Waals surface area contributed by atoms with Gasteiger partial charge in [-0.1, -0.05) is 13.8 Å². The van der Waals surface area contributed by atoms with Crippen LogP contribution in [0.5, 0.6) is 0 Å². The molecular formula is C9H18O3. The third-order valence-corrected chi connectivity index (χ3v) is 2.34. The quantitative estimate of drug-likeness (QED) is 0.610. The topological polar surface area (TPSA) is 49.7 Å². The maximum absolute atomic E-state index is 9.61. The lowest BCUT2D eigenvalue weighted by molar-refractivity contribution is -0.0885. The van der Waals surface area contributed by atoms with E-state index in [2.05, 4.69) is 0 Å². The van der Waals surface area contributed by atoms with Gasteiger partial charge in [0, 0.05) is 6.61 Å². The SMILES string of the molecule is CC(C)[C@@H]1OCCC[C@H](O)[C@@H]1O. The van der Waals surface area contributed by atoms with E-state index in [9.17, 15) is 10.2 Å². The van der Waals surface area contributed by atoms with Gasteiger partial charge in [0.05, 0.1) is 12.2 Å². The molecule has 1 heterocycles. The van der Waals surface area contributed by atoms with Gasteiger partial charge in [0.15, 0.2) is 0 Å². The van der Waals surface area contributed by atoms with Gasteiger partial charge in [-0.3, -0.25) is 0 Å². The summed E-state index contributed by atoms with van der Waals surface area (Å²) >= 11 is 0. The molecule has 72 valence electrons. The minimum atomic E-state index is -0.715. The molecule has 2 N–H and O–H groups in total. The summed E-state index contributed by atoms with van der Waals surface area (Å²) in [5, 5.41) is 19.1. The van der Waals surface area contributed by atoms with Crippen LogP contribution in [0.15, 0.2) is 0 Å². The van der Waals surface area contributed by atoms with Crippen molar-refractivity contribution in [3.8, 4) is 0 Å². The van der Waals surface area contributed by atoms with Crippen LogP contribution in [0, 0.1) is 5.92 Å². The van der Waals surface area contributed by atoms with Crippen molar-refractivity contribution in [2.45, 2.75) is 45.0 Å². The monoisotopic (exact) mass is 174 g/mol. The van der Waals surface area contributed by atoms with E-state index >= 15 is 0 Å². The molecule has 0 aliphatic carbocycles. The normalized spacial score (nSPS) is 38.2. The highest BCUT2D eigenvalue weighted by Crippen LogP contribution is 2.20. The fourth-order valence-corrected chi connectivity index (χ4v) is 1.59. The van der Waals surface area contributed by atoms with E-state index in [-0.39, 0.29) is 12.0 Å². The zero-order chi connectivity index (χ0) is 9.14.